The quantitative estimate of drug-likeness (QED) is 0.842. The van der Waals surface area contributed by atoms with Crippen molar-refractivity contribution in [1.82, 2.24) is 0 Å². The van der Waals surface area contributed by atoms with Crippen molar-refractivity contribution < 1.29 is 4.74 Å². The Morgan fingerprint density at radius 1 is 0.941 bits per heavy atom. The Morgan fingerprint density at radius 2 is 1.41 bits per heavy atom. The van der Waals surface area contributed by atoms with Gasteiger partial charge in [0, 0.05) is 5.56 Å². The largest absolute Gasteiger partial charge is 0.497 e. The van der Waals surface area contributed by atoms with Crippen molar-refractivity contribution in [3.63, 3.8) is 0 Å². The van der Waals surface area contributed by atoms with Crippen molar-refractivity contribution in [2.75, 3.05) is 7.11 Å². The molecule has 17 heavy (non-hydrogen) atoms. The number of rotatable bonds is 3. The summed E-state index contributed by atoms with van der Waals surface area (Å²) in [6, 6.07) is 15.8. The predicted octanol–water partition coefficient (Wildman–Crippen LogP) is 3.00. The number of hydrogen-bond donors (Lipinski definition) is 1. The highest BCUT2D eigenvalue weighted by Crippen LogP contribution is 2.22. The molecule has 2 rings (SSSR count). The first-order valence-electron chi connectivity index (χ1n) is 5.25. The molecular weight excluding hydrogens is 230 g/mol. The maximum atomic E-state index is 5.56. The lowest BCUT2D eigenvalue weighted by Gasteiger charge is -2.05. The summed E-state index contributed by atoms with van der Waals surface area (Å²) in [4.78, 5) is 0.422. The van der Waals surface area contributed by atoms with E-state index in [4.69, 9.17) is 22.7 Å². The van der Waals surface area contributed by atoms with E-state index in [-0.39, 0.29) is 0 Å². The van der Waals surface area contributed by atoms with Crippen LogP contribution in [0.3, 0.4) is 0 Å². The number of nitrogens with two attached hydrogens (primary N) is 1. The average molecular weight is 243 g/mol. The second-order valence-corrected chi connectivity index (χ2v) is 4.11. The fourth-order valence-corrected chi connectivity index (χ4v) is 1.75. The van der Waals surface area contributed by atoms with Crippen LogP contribution in [0.25, 0.3) is 11.1 Å². The highest BCUT2D eigenvalue weighted by atomic mass is 32.1. The minimum Gasteiger partial charge on any atom is -0.497 e. The standard InChI is InChI=1S/C14H13NOS/c1-16-13-8-6-11(7-9-13)10-2-4-12(5-3-10)14(15)17/h2-9H,1H3,(H2,15,17). The third-order valence-electron chi connectivity index (χ3n) is 2.59. The predicted molar refractivity (Wildman–Crippen MR) is 74.3 cm³/mol. The molecule has 0 radical (unpaired) electrons. The Morgan fingerprint density at radius 3 is 1.82 bits per heavy atom. The van der Waals surface area contributed by atoms with Gasteiger partial charge < -0.3 is 10.5 Å². The van der Waals surface area contributed by atoms with Gasteiger partial charge in [0.15, 0.2) is 0 Å². The zero-order valence-electron chi connectivity index (χ0n) is 9.51. The maximum absolute atomic E-state index is 5.56. The summed E-state index contributed by atoms with van der Waals surface area (Å²) in [5, 5.41) is 0. The minimum absolute atomic E-state index is 0.422. The van der Waals surface area contributed by atoms with Crippen LogP contribution in [0, 0.1) is 0 Å². The lowest BCUT2D eigenvalue weighted by Crippen LogP contribution is -2.08. The smallest absolute Gasteiger partial charge is 0.118 e. The Bertz CT molecular complexity index is 517. The van der Waals surface area contributed by atoms with Crippen LogP contribution >= 0.6 is 12.2 Å². The monoisotopic (exact) mass is 243 g/mol. The summed E-state index contributed by atoms with van der Waals surface area (Å²) in [6.07, 6.45) is 0. The molecule has 2 aromatic rings. The summed E-state index contributed by atoms with van der Waals surface area (Å²) in [7, 11) is 1.66. The van der Waals surface area contributed by atoms with Gasteiger partial charge in [-0.15, -0.1) is 0 Å². The van der Waals surface area contributed by atoms with Gasteiger partial charge in [0.1, 0.15) is 10.7 Å². The van der Waals surface area contributed by atoms with E-state index in [9.17, 15) is 0 Å². The fourth-order valence-electron chi connectivity index (χ4n) is 1.61. The second kappa shape index (κ2) is 4.97. The number of thiocarbonyl (C=S) groups is 1. The van der Waals surface area contributed by atoms with Gasteiger partial charge in [-0.3, -0.25) is 0 Å². The fraction of sp³-hybridized carbons (Fsp3) is 0.0714. The molecule has 0 unspecified atom stereocenters. The highest BCUT2D eigenvalue weighted by molar-refractivity contribution is 7.80. The molecule has 0 aliphatic rings. The molecule has 0 amide bonds. The van der Waals surface area contributed by atoms with Crippen molar-refractivity contribution in [1.29, 1.82) is 0 Å². The van der Waals surface area contributed by atoms with Crippen LogP contribution in [-0.4, -0.2) is 12.1 Å². The average Bonchev–Trinajstić information content (AvgIpc) is 2.39. The molecular formula is C14H13NOS. The second-order valence-electron chi connectivity index (χ2n) is 3.67. The highest BCUT2D eigenvalue weighted by Gasteiger charge is 2.00. The van der Waals surface area contributed by atoms with E-state index in [1.54, 1.807) is 7.11 Å². The van der Waals surface area contributed by atoms with Crippen molar-refractivity contribution >= 4 is 17.2 Å². The molecule has 0 saturated heterocycles. The molecule has 0 aliphatic carbocycles. The molecule has 0 heterocycles. The van der Waals surface area contributed by atoms with Gasteiger partial charge in [-0.25, -0.2) is 0 Å². The molecule has 0 aliphatic heterocycles. The Hall–Kier alpha value is -1.87. The molecule has 3 heteroatoms. The van der Waals surface area contributed by atoms with E-state index in [2.05, 4.69) is 0 Å². The van der Waals surface area contributed by atoms with E-state index in [0.717, 1.165) is 22.4 Å². The van der Waals surface area contributed by atoms with E-state index in [0.29, 0.717) is 4.99 Å². The van der Waals surface area contributed by atoms with Crippen LogP contribution in [0.2, 0.25) is 0 Å². The molecule has 0 spiro atoms. The van der Waals surface area contributed by atoms with Crippen LogP contribution in [0.1, 0.15) is 5.56 Å². The van der Waals surface area contributed by atoms with Crippen LogP contribution in [0.5, 0.6) is 5.75 Å². The van der Waals surface area contributed by atoms with E-state index in [1.165, 1.54) is 0 Å². The van der Waals surface area contributed by atoms with E-state index >= 15 is 0 Å². The summed E-state index contributed by atoms with van der Waals surface area (Å²) in [6.45, 7) is 0. The minimum atomic E-state index is 0.422. The Labute approximate surface area is 106 Å². The maximum Gasteiger partial charge on any atom is 0.118 e. The van der Waals surface area contributed by atoms with Gasteiger partial charge in [0.25, 0.3) is 0 Å². The molecule has 0 saturated carbocycles. The van der Waals surface area contributed by atoms with Gasteiger partial charge in [-0.05, 0) is 23.3 Å². The van der Waals surface area contributed by atoms with Crippen molar-refractivity contribution in [2.45, 2.75) is 0 Å². The topological polar surface area (TPSA) is 35.2 Å². The number of ether oxygens (including phenoxy) is 1. The molecule has 86 valence electrons. The molecule has 2 N–H and O–H groups in total. The molecule has 2 nitrogen and oxygen atoms in total. The summed E-state index contributed by atoms with van der Waals surface area (Å²) in [5.41, 5.74) is 8.71. The van der Waals surface area contributed by atoms with Gasteiger partial charge in [0.2, 0.25) is 0 Å². The van der Waals surface area contributed by atoms with Crippen LogP contribution in [-0.2, 0) is 0 Å². The number of hydrogen-bond acceptors (Lipinski definition) is 2. The van der Waals surface area contributed by atoms with Crippen LogP contribution < -0.4 is 10.5 Å². The summed E-state index contributed by atoms with van der Waals surface area (Å²) < 4.78 is 5.12. The first-order chi connectivity index (χ1) is 8.20. The number of benzene rings is 2. The SMILES string of the molecule is COc1ccc(-c2ccc(C(N)=S)cc2)cc1. The molecule has 0 bridgehead atoms. The zero-order chi connectivity index (χ0) is 12.3. The van der Waals surface area contributed by atoms with Crippen LogP contribution in [0.15, 0.2) is 48.5 Å². The van der Waals surface area contributed by atoms with Crippen molar-refractivity contribution in [3.05, 3.63) is 54.1 Å². The summed E-state index contributed by atoms with van der Waals surface area (Å²) in [5.74, 6) is 0.855. The van der Waals surface area contributed by atoms with Crippen molar-refractivity contribution in [2.24, 2.45) is 5.73 Å². The zero-order valence-corrected chi connectivity index (χ0v) is 10.3. The first kappa shape index (κ1) is 11.6. The Balaban J connectivity index is 2.29. The van der Waals surface area contributed by atoms with Crippen LogP contribution in [0.4, 0.5) is 0 Å². The first-order valence-corrected chi connectivity index (χ1v) is 5.66. The normalized spacial score (nSPS) is 9.94. The molecule has 0 fully saturated rings. The molecule has 2 aromatic carbocycles. The van der Waals surface area contributed by atoms with E-state index < -0.39 is 0 Å². The molecule has 0 atom stereocenters. The number of methoxy groups -OCH3 is 1. The lowest BCUT2D eigenvalue weighted by molar-refractivity contribution is 0.415. The van der Waals surface area contributed by atoms with E-state index in [1.807, 2.05) is 48.5 Å². The van der Waals surface area contributed by atoms with Gasteiger partial charge in [-0.1, -0.05) is 48.6 Å². The Kier molecular flexibility index (Phi) is 3.40. The van der Waals surface area contributed by atoms with Crippen molar-refractivity contribution in [3.8, 4) is 16.9 Å². The van der Waals surface area contributed by atoms with Gasteiger partial charge in [-0.2, -0.15) is 0 Å². The summed E-state index contributed by atoms with van der Waals surface area (Å²) >= 11 is 4.92. The van der Waals surface area contributed by atoms with Gasteiger partial charge in [0.05, 0.1) is 7.11 Å². The lowest BCUT2D eigenvalue weighted by atomic mass is 10.0. The third-order valence-corrected chi connectivity index (χ3v) is 2.83. The third kappa shape index (κ3) is 2.63. The molecule has 0 aromatic heterocycles. The van der Waals surface area contributed by atoms with Gasteiger partial charge >= 0.3 is 0 Å².